The van der Waals surface area contributed by atoms with Crippen LogP contribution in [0.5, 0.6) is 0 Å². The summed E-state index contributed by atoms with van der Waals surface area (Å²) in [6.45, 7) is 6.32. The number of nitrogens with one attached hydrogen (secondary N) is 1. The van der Waals surface area contributed by atoms with Gasteiger partial charge in [0.25, 0.3) is 0 Å². The monoisotopic (exact) mass is 307 g/mol. The van der Waals surface area contributed by atoms with Crippen LogP contribution in [0.25, 0.3) is 0 Å². The Bertz CT molecular complexity index is 600. The van der Waals surface area contributed by atoms with E-state index in [0.717, 1.165) is 25.9 Å². The first-order valence-corrected chi connectivity index (χ1v) is 9.72. The predicted octanol–water partition coefficient (Wildman–Crippen LogP) is 2.38. The van der Waals surface area contributed by atoms with Gasteiger partial charge in [-0.25, -0.2) is 8.42 Å². The number of benzene rings is 1. The fourth-order valence-corrected chi connectivity index (χ4v) is 5.65. The third-order valence-corrected chi connectivity index (χ3v) is 7.02. The summed E-state index contributed by atoms with van der Waals surface area (Å²) < 4.78 is 23.6. The lowest BCUT2D eigenvalue weighted by Gasteiger charge is -2.47. The number of rotatable bonds is 4. The van der Waals surface area contributed by atoms with Crippen molar-refractivity contribution >= 4 is 9.84 Å². The van der Waals surface area contributed by atoms with Gasteiger partial charge in [-0.3, -0.25) is 0 Å². The Morgan fingerprint density at radius 2 is 1.90 bits per heavy atom. The van der Waals surface area contributed by atoms with Gasteiger partial charge >= 0.3 is 0 Å². The van der Waals surface area contributed by atoms with Gasteiger partial charge in [0.15, 0.2) is 9.84 Å². The molecule has 2 fully saturated rings. The van der Waals surface area contributed by atoms with Crippen molar-refractivity contribution in [1.82, 2.24) is 5.32 Å². The summed E-state index contributed by atoms with van der Waals surface area (Å²) in [6, 6.07) is 8.87. The molecule has 3 rings (SSSR count). The van der Waals surface area contributed by atoms with Crippen molar-refractivity contribution in [3.63, 3.8) is 0 Å². The highest BCUT2D eigenvalue weighted by Gasteiger charge is 2.48. The molecule has 1 aromatic rings. The Kier molecular flexibility index (Phi) is 3.87. The average molecular weight is 307 g/mol. The van der Waals surface area contributed by atoms with E-state index in [4.69, 9.17) is 0 Å². The highest BCUT2D eigenvalue weighted by atomic mass is 32.2. The van der Waals surface area contributed by atoms with Gasteiger partial charge in [0.1, 0.15) is 0 Å². The third-order valence-electron chi connectivity index (χ3n) is 5.26. The van der Waals surface area contributed by atoms with Crippen molar-refractivity contribution in [2.24, 2.45) is 11.3 Å². The summed E-state index contributed by atoms with van der Waals surface area (Å²) in [4.78, 5) is 0. The first-order valence-electron chi connectivity index (χ1n) is 7.90. The minimum atomic E-state index is -2.79. The zero-order valence-corrected chi connectivity index (χ0v) is 13.7. The van der Waals surface area contributed by atoms with Gasteiger partial charge in [-0.1, -0.05) is 38.1 Å². The number of hydrogen-bond donors (Lipinski definition) is 1. The Balaban J connectivity index is 1.75. The fourth-order valence-electron chi connectivity index (χ4n) is 3.71. The Morgan fingerprint density at radius 3 is 2.33 bits per heavy atom. The zero-order valence-electron chi connectivity index (χ0n) is 12.9. The molecular formula is C17H25NO2S. The first-order chi connectivity index (χ1) is 9.90. The highest BCUT2D eigenvalue weighted by molar-refractivity contribution is 7.91. The van der Waals surface area contributed by atoms with Crippen molar-refractivity contribution in [1.29, 1.82) is 0 Å². The Labute approximate surface area is 128 Å². The van der Waals surface area contributed by atoms with Gasteiger partial charge in [-0.05, 0) is 35.8 Å². The average Bonchev–Trinajstić information content (AvgIpc) is 2.75. The van der Waals surface area contributed by atoms with Crippen molar-refractivity contribution in [2.75, 3.05) is 24.6 Å². The molecule has 1 unspecified atom stereocenters. The molecule has 0 aliphatic carbocycles. The van der Waals surface area contributed by atoms with Crippen LogP contribution in [0.4, 0.5) is 0 Å². The van der Waals surface area contributed by atoms with Crippen LogP contribution in [-0.2, 0) is 16.3 Å². The van der Waals surface area contributed by atoms with Gasteiger partial charge in [0.2, 0.25) is 0 Å². The van der Waals surface area contributed by atoms with E-state index in [0.29, 0.717) is 23.3 Å². The second-order valence-corrected chi connectivity index (χ2v) is 9.37. The van der Waals surface area contributed by atoms with Gasteiger partial charge in [0.05, 0.1) is 11.5 Å². The standard InChI is InChI=1S/C17H25NO2S/c1-13(2)15-5-3-14(4-6-15)9-17(11-18-12-17)16-7-8-21(19,20)10-16/h3-6,13,16,18H,7-12H2,1-2H3. The molecule has 0 spiro atoms. The Morgan fingerprint density at radius 1 is 1.24 bits per heavy atom. The molecule has 0 saturated carbocycles. The molecule has 2 aliphatic rings. The van der Waals surface area contributed by atoms with Gasteiger partial charge < -0.3 is 5.32 Å². The van der Waals surface area contributed by atoms with E-state index in [1.807, 2.05) is 0 Å². The molecule has 116 valence electrons. The molecule has 3 nitrogen and oxygen atoms in total. The maximum atomic E-state index is 11.8. The maximum Gasteiger partial charge on any atom is 0.150 e. The van der Waals surface area contributed by atoms with E-state index in [1.54, 1.807) is 0 Å². The van der Waals surface area contributed by atoms with Crippen LogP contribution in [0.15, 0.2) is 24.3 Å². The summed E-state index contributed by atoms with van der Waals surface area (Å²) in [7, 11) is -2.79. The summed E-state index contributed by atoms with van der Waals surface area (Å²) in [5.74, 6) is 1.65. The van der Waals surface area contributed by atoms with E-state index >= 15 is 0 Å². The minimum absolute atomic E-state index is 0.156. The smallest absolute Gasteiger partial charge is 0.150 e. The van der Waals surface area contributed by atoms with Crippen LogP contribution in [0.1, 0.15) is 37.3 Å². The lowest BCUT2D eigenvalue weighted by Crippen LogP contribution is -2.59. The molecule has 1 N–H and O–H groups in total. The normalized spacial score (nSPS) is 26.7. The third kappa shape index (κ3) is 3.02. The van der Waals surface area contributed by atoms with Crippen LogP contribution in [0.2, 0.25) is 0 Å². The largest absolute Gasteiger partial charge is 0.315 e. The molecule has 0 radical (unpaired) electrons. The maximum absolute atomic E-state index is 11.8. The number of hydrogen-bond acceptors (Lipinski definition) is 3. The molecule has 1 aromatic carbocycles. The molecule has 2 saturated heterocycles. The van der Waals surface area contributed by atoms with E-state index in [-0.39, 0.29) is 5.41 Å². The first kappa shape index (κ1) is 15.0. The van der Waals surface area contributed by atoms with Gasteiger partial charge in [-0.2, -0.15) is 0 Å². The highest BCUT2D eigenvalue weighted by Crippen LogP contribution is 2.41. The van der Waals surface area contributed by atoms with Gasteiger partial charge in [-0.15, -0.1) is 0 Å². The zero-order chi connectivity index (χ0) is 15.1. The lowest BCUT2D eigenvalue weighted by molar-refractivity contribution is 0.0925. The van der Waals surface area contributed by atoms with Crippen molar-refractivity contribution in [3.05, 3.63) is 35.4 Å². The van der Waals surface area contributed by atoms with Crippen LogP contribution in [0.3, 0.4) is 0 Å². The molecule has 0 aromatic heterocycles. The SMILES string of the molecule is CC(C)c1ccc(CC2(C3CCS(=O)(=O)C3)CNC2)cc1. The second-order valence-electron chi connectivity index (χ2n) is 7.14. The predicted molar refractivity (Wildman–Crippen MR) is 86.3 cm³/mol. The van der Waals surface area contributed by atoms with Crippen molar-refractivity contribution < 1.29 is 8.42 Å². The summed E-state index contributed by atoms with van der Waals surface area (Å²) in [5, 5.41) is 3.36. The second kappa shape index (κ2) is 5.40. The topological polar surface area (TPSA) is 46.2 Å². The molecule has 21 heavy (non-hydrogen) atoms. The van der Waals surface area contributed by atoms with Crippen molar-refractivity contribution in [3.8, 4) is 0 Å². The molecule has 0 bridgehead atoms. The minimum Gasteiger partial charge on any atom is -0.315 e. The van der Waals surface area contributed by atoms with E-state index in [9.17, 15) is 8.42 Å². The van der Waals surface area contributed by atoms with E-state index in [1.165, 1.54) is 11.1 Å². The molecule has 0 amide bonds. The molecular weight excluding hydrogens is 282 g/mol. The molecule has 2 aliphatic heterocycles. The fraction of sp³-hybridized carbons (Fsp3) is 0.647. The molecule has 2 heterocycles. The van der Waals surface area contributed by atoms with E-state index < -0.39 is 9.84 Å². The number of sulfone groups is 1. The van der Waals surface area contributed by atoms with Crippen molar-refractivity contribution in [2.45, 2.75) is 32.6 Å². The lowest BCUT2D eigenvalue weighted by atomic mass is 9.66. The van der Waals surface area contributed by atoms with Crippen LogP contribution < -0.4 is 5.32 Å². The molecule has 4 heteroatoms. The van der Waals surface area contributed by atoms with Crippen LogP contribution in [-0.4, -0.2) is 33.0 Å². The summed E-state index contributed by atoms with van der Waals surface area (Å²) in [6.07, 6.45) is 1.84. The molecule has 1 atom stereocenters. The summed E-state index contributed by atoms with van der Waals surface area (Å²) >= 11 is 0. The quantitative estimate of drug-likeness (QED) is 0.929. The van der Waals surface area contributed by atoms with Gasteiger partial charge in [0, 0.05) is 18.5 Å². The van der Waals surface area contributed by atoms with Crippen LogP contribution in [0, 0.1) is 11.3 Å². The summed E-state index contributed by atoms with van der Waals surface area (Å²) in [5.41, 5.74) is 2.86. The Hall–Kier alpha value is -0.870. The van der Waals surface area contributed by atoms with E-state index in [2.05, 4.69) is 43.4 Å². The van der Waals surface area contributed by atoms with Crippen LogP contribution >= 0.6 is 0 Å².